The van der Waals surface area contributed by atoms with Gasteiger partial charge in [0, 0.05) is 5.69 Å². The molecule has 1 atom stereocenters. The quantitative estimate of drug-likeness (QED) is 0.750. The number of hydrogen-bond donors (Lipinski definition) is 2. The van der Waals surface area contributed by atoms with Gasteiger partial charge >= 0.3 is 0 Å². The molecule has 0 spiro atoms. The second-order valence-corrected chi connectivity index (χ2v) is 5.47. The van der Waals surface area contributed by atoms with Crippen molar-refractivity contribution in [3.63, 3.8) is 0 Å². The number of hydrogen-bond acceptors (Lipinski definition) is 5. The number of carbonyl (C=O) groups is 1. The molecule has 3 rings (SSSR count). The summed E-state index contributed by atoms with van der Waals surface area (Å²) in [6, 6.07) is 7.11. The van der Waals surface area contributed by atoms with Gasteiger partial charge in [0.15, 0.2) is 11.2 Å². The van der Waals surface area contributed by atoms with Crippen molar-refractivity contribution in [2.24, 2.45) is 0 Å². The van der Waals surface area contributed by atoms with Crippen LogP contribution < -0.4 is 15.6 Å². The minimum absolute atomic E-state index is 0.00314. The van der Waals surface area contributed by atoms with Crippen molar-refractivity contribution in [1.29, 1.82) is 0 Å². The Bertz CT molecular complexity index is 942. The number of fused-ring (bicyclic) bond motifs is 1. The van der Waals surface area contributed by atoms with Gasteiger partial charge in [-0.3, -0.25) is 9.59 Å². The van der Waals surface area contributed by atoms with Crippen LogP contribution in [0.2, 0.25) is 0 Å². The molecule has 2 heterocycles. The van der Waals surface area contributed by atoms with Crippen molar-refractivity contribution < 1.29 is 9.53 Å². The maximum Gasteiger partial charge on any atom is 0.276 e. The molecular weight excluding hydrogens is 310 g/mol. The first-order chi connectivity index (χ1) is 11.5. The standard InChI is InChI=1S/C16H17N5O3/c1-9-8-21-14(16(23)17-9)13(19-20-21)15(22)18-10(2)11-4-6-12(24-3)7-5-11/h4-8,10H,1-3H3,(H,17,23)(H,18,22)/t10-/m0/s1. The molecule has 0 fully saturated rings. The van der Waals surface area contributed by atoms with Crippen LogP contribution in [0.15, 0.2) is 35.3 Å². The van der Waals surface area contributed by atoms with Crippen LogP contribution >= 0.6 is 0 Å². The molecule has 124 valence electrons. The van der Waals surface area contributed by atoms with E-state index < -0.39 is 11.5 Å². The summed E-state index contributed by atoms with van der Waals surface area (Å²) in [5, 5.41) is 10.5. The monoisotopic (exact) mass is 327 g/mol. The Balaban J connectivity index is 1.85. The van der Waals surface area contributed by atoms with Gasteiger partial charge in [0.05, 0.1) is 19.3 Å². The average molecular weight is 327 g/mol. The molecule has 1 amide bonds. The van der Waals surface area contributed by atoms with Crippen molar-refractivity contribution in [2.45, 2.75) is 19.9 Å². The van der Waals surface area contributed by atoms with E-state index >= 15 is 0 Å². The Morgan fingerprint density at radius 1 is 1.33 bits per heavy atom. The summed E-state index contributed by atoms with van der Waals surface area (Å²) >= 11 is 0. The summed E-state index contributed by atoms with van der Waals surface area (Å²) in [6.45, 7) is 3.58. The first-order valence-electron chi connectivity index (χ1n) is 7.39. The minimum atomic E-state index is -0.456. The van der Waals surface area contributed by atoms with Crippen molar-refractivity contribution in [2.75, 3.05) is 7.11 Å². The third-order valence-corrected chi connectivity index (χ3v) is 3.71. The summed E-state index contributed by atoms with van der Waals surface area (Å²) in [4.78, 5) is 27.2. The number of aromatic nitrogens is 4. The molecule has 0 radical (unpaired) electrons. The minimum Gasteiger partial charge on any atom is -0.497 e. The molecule has 0 aliphatic carbocycles. The summed E-state index contributed by atoms with van der Waals surface area (Å²) in [5.41, 5.74) is 1.26. The lowest BCUT2D eigenvalue weighted by Gasteiger charge is -2.13. The molecular formula is C16H17N5O3. The van der Waals surface area contributed by atoms with Crippen LogP contribution in [-0.4, -0.2) is 32.8 Å². The fourth-order valence-corrected chi connectivity index (χ4v) is 2.44. The van der Waals surface area contributed by atoms with Crippen molar-refractivity contribution in [1.82, 2.24) is 25.1 Å². The maximum atomic E-state index is 12.5. The topological polar surface area (TPSA) is 101 Å². The first-order valence-corrected chi connectivity index (χ1v) is 7.39. The lowest BCUT2D eigenvalue weighted by molar-refractivity contribution is 0.0936. The van der Waals surface area contributed by atoms with Crippen LogP contribution in [0.1, 0.15) is 34.7 Å². The molecule has 0 bridgehead atoms. The van der Waals surface area contributed by atoms with Gasteiger partial charge in [0.2, 0.25) is 0 Å². The van der Waals surface area contributed by atoms with Gasteiger partial charge in [-0.05, 0) is 31.5 Å². The fourth-order valence-electron chi connectivity index (χ4n) is 2.44. The van der Waals surface area contributed by atoms with Gasteiger partial charge in [-0.1, -0.05) is 17.3 Å². The number of carbonyl (C=O) groups excluding carboxylic acids is 1. The molecule has 24 heavy (non-hydrogen) atoms. The van der Waals surface area contributed by atoms with E-state index in [0.29, 0.717) is 5.69 Å². The molecule has 0 unspecified atom stereocenters. The number of nitrogens with one attached hydrogen (secondary N) is 2. The molecule has 1 aromatic carbocycles. The first kappa shape index (κ1) is 15.7. The Morgan fingerprint density at radius 3 is 2.71 bits per heavy atom. The number of benzene rings is 1. The SMILES string of the molecule is COc1ccc([C@H](C)NC(=O)c2nnn3cc(C)[nH]c(=O)c23)cc1. The highest BCUT2D eigenvalue weighted by Crippen LogP contribution is 2.17. The summed E-state index contributed by atoms with van der Waals surface area (Å²) in [7, 11) is 1.59. The Hall–Kier alpha value is -3.16. The van der Waals surface area contributed by atoms with Gasteiger partial charge in [-0.25, -0.2) is 4.52 Å². The predicted octanol–water partition coefficient (Wildman–Crippen LogP) is 1.23. The van der Waals surface area contributed by atoms with E-state index in [9.17, 15) is 9.59 Å². The largest absolute Gasteiger partial charge is 0.497 e. The van der Waals surface area contributed by atoms with Gasteiger partial charge in [0.1, 0.15) is 5.75 Å². The molecule has 2 N–H and O–H groups in total. The van der Waals surface area contributed by atoms with Crippen LogP contribution in [0.4, 0.5) is 0 Å². The Labute approximate surface area is 137 Å². The van der Waals surface area contributed by atoms with Crippen LogP contribution in [0.3, 0.4) is 0 Å². The predicted molar refractivity (Wildman–Crippen MR) is 87.2 cm³/mol. The van der Waals surface area contributed by atoms with E-state index in [0.717, 1.165) is 11.3 Å². The smallest absolute Gasteiger partial charge is 0.276 e. The average Bonchev–Trinajstić information content (AvgIpc) is 2.99. The van der Waals surface area contributed by atoms with Crippen molar-refractivity contribution >= 4 is 11.4 Å². The molecule has 0 aliphatic heterocycles. The Morgan fingerprint density at radius 2 is 2.04 bits per heavy atom. The number of rotatable bonds is 4. The van der Waals surface area contributed by atoms with Crippen molar-refractivity contribution in [3.05, 3.63) is 57.8 Å². The number of aryl methyl sites for hydroxylation is 1. The zero-order chi connectivity index (χ0) is 17.3. The lowest BCUT2D eigenvalue weighted by Crippen LogP contribution is -2.28. The molecule has 8 nitrogen and oxygen atoms in total. The van der Waals surface area contributed by atoms with Crippen LogP contribution in [0.25, 0.3) is 5.52 Å². The molecule has 3 aromatic rings. The third-order valence-electron chi connectivity index (χ3n) is 3.71. The van der Waals surface area contributed by atoms with Crippen LogP contribution in [0, 0.1) is 6.92 Å². The van der Waals surface area contributed by atoms with E-state index in [-0.39, 0.29) is 17.3 Å². The number of H-pyrrole nitrogens is 1. The zero-order valence-corrected chi connectivity index (χ0v) is 13.5. The fraction of sp³-hybridized carbons (Fsp3) is 0.250. The van der Waals surface area contributed by atoms with E-state index in [1.807, 2.05) is 31.2 Å². The molecule has 8 heteroatoms. The van der Waals surface area contributed by atoms with Gasteiger partial charge < -0.3 is 15.0 Å². The number of ether oxygens (including phenoxy) is 1. The Kier molecular flexibility index (Phi) is 4.03. The van der Waals surface area contributed by atoms with Crippen LogP contribution in [0.5, 0.6) is 5.75 Å². The summed E-state index contributed by atoms with van der Waals surface area (Å²) in [6.07, 6.45) is 1.60. The van der Waals surface area contributed by atoms with E-state index in [1.165, 1.54) is 4.52 Å². The second kappa shape index (κ2) is 6.15. The van der Waals surface area contributed by atoms with Gasteiger partial charge in [-0.2, -0.15) is 0 Å². The van der Waals surface area contributed by atoms with Crippen LogP contribution in [-0.2, 0) is 0 Å². The highest BCUT2D eigenvalue weighted by Gasteiger charge is 2.20. The number of aromatic amines is 1. The maximum absolute atomic E-state index is 12.5. The van der Waals surface area contributed by atoms with Gasteiger partial charge in [0.25, 0.3) is 11.5 Å². The second-order valence-electron chi connectivity index (χ2n) is 5.47. The van der Waals surface area contributed by atoms with E-state index in [4.69, 9.17) is 4.74 Å². The number of methoxy groups -OCH3 is 1. The molecule has 0 aliphatic rings. The molecule has 0 saturated carbocycles. The number of nitrogens with zero attached hydrogens (tertiary/aromatic N) is 3. The highest BCUT2D eigenvalue weighted by molar-refractivity contribution is 5.98. The number of amides is 1. The van der Waals surface area contributed by atoms with Crippen molar-refractivity contribution in [3.8, 4) is 5.75 Å². The lowest BCUT2D eigenvalue weighted by atomic mass is 10.1. The third kappa shape index (κ3) is 2.85. The molecule has 0 saturated heterocycles. The van der Waals surface area contributed by atoms with E-state index in [1.54, 1.807) is 20.2 Å². The normalized spacial score (nSPS) is 12.1. The zero-order valence-electron chi connectivity index (χ0n) is 13.5. The molecule has 2 aromatic heterocycles. The van der Waals surface area contributed by atoms with Gasteiger partial charge in [-0.15, -0.1) is 5.10 Å². The highest BCUT2D eigenvalue weighted by atomic mass is 16.5. The summed E-state index contributed by atoms with van der Waals surface area (Å²) < 4.78 is 6.42. The summed E-state index contributed by atoms with van der Waals surface area (Å²) in [5.74, 6) is 0.283. The van der Waals surface area contributed by atoms with E-state index in [2.05, 4.69) is 20.6 Å².